The number of halogens is 2. The number of amides is 1. The summed E-state index contributed by atoms with van der Waals surface area (Å²) >= 11 is 1.46. The second-order valence-electron chi connectivity index (χ2n) is 8.45. The van der Waals surface area contributed by atoms with E-state index in [0.717, 1.165) is 10.6 Å². The number of thioether (sulfide) groups is 1. The molecule has 2 unspecified atom stereocenters. The van der Waals surface area contributed by atoms with Gasteiger partial charge in [0.1, 0.15) is 36.3 Å². The first kappa shape index (κ1) is 27.2. The van der Waals surface area contributed by atoms with Gasteiger partial charge in [-0.2, -0.15) is 5.26 Å². The fourth-order valence-electron chi connectivity index (χ4n) is 3.56. The van der Waals surface area contributed by atoms with Crippen molar-refractivity contribution in [1.82, 2.24) is 20.2 Å². The highest BCUT2D eigenvalue weighted by molar-refractivity contribution is 7.99. The molecule has 1 amide bonds. The van der Waals surface area contributed by atoms with Crippen LogP contribution < -0.4 is 15.4 Å². The van der Waals surface area contributed by atoms with Crippen molar-refractivity contribution in [1.29, 1.82) is 5.26 Å². The number of aromatic nitrogens is 2. The highest BCUT2D eigenvalue weighted by Gasteiger charge is 2.35. The number of carbonyl (C=O) groups is 1. The van der Waals surface area contributed by atoms with Crippen LogP contribution in [0.15, 0.2) is 29.6 Å². The number of hydrogen-bond donors (Lipinski definition) is 2. The Balaban J connectivity index is 1.83. The molecule has 3 rings (SSSR count). The molecule has 190 valence electrons. The normalized spacial score (nSPS) is 16.5. The summed E-state index contributed by atoms with van der Waals surface area (Å²) in [7, 11) is 3.85. The topological polar surface area (TPSA) is 103 Å². The lowest BCUT2D eigenvalue weighted by atomic mass is 9.88. The molecule has 1 aliphatic heterocycles. The van der Waals surface area contributed by atoms with Crippen LogP contribution in [-0.4, -0.2) is 73.2 Å². The number of nitriles is 1. The molecule has 11 heteroatoms. The van der Waals surface area contributed by atoms with Crippen LogP contribution in [0.5, 0.6) is 5.75 Å². The van der Waals surface area contributed by atoms with E-state index in [0.29, 0.717) is 23.8 Å². The van der Waals surface area contributed by atoms with E-state index in [1.807, 2.05) is 32.0 Å². The second kappa shape index (κ2) is 13.1. The van der Waals surface area contributed by atoms with Gasteiger partial charge in [0.05, 0.1) is 36.3 Å². The number of hydrogen-bond acceptors (Lipinski definition) is 8. The molecule has 0 aliphatic carbocycles. The third kappa shape index (κ3) is 6.84. The van der Waals surface area contributed by atoms with Crippen LogP contribution in [0.4, 0.5) is 20.3 Å². The quantitative estimate of drug-likeness (QED) is 0.388. The third-order valence-corrected chi connectivity index (χ3v) is 6.64. The fourth-order valence-corrected chi connectivity index (χ4v) is 4.90. The molecule has 2 N–H and O–H groups in total. The minimum atomic E-state index is -1.29. The maximum Gasteiger partial charge on any atom is 0.225 e. The lowest BCUT2D eigenvalue weighted by Gasteiger charge is -2.30. The maximum atomic E-state index is 13.1. The molecule has 2 atom stereocenters. The van der Waals surface area contributed by atoms with Crippen LogP contribution in [0.3, 0.4) is 0 Å². The van der Waals surface area contributed by atoms with Gasteiger partial charge in [-0.15, -0.1) is 11.8 Å². The van der Waals surface area contributed by atoms with Crippen LogP contribution in [0.2, 0.25) is 0 Å². The summed E-state index contributed by atoms with van der Waals surface area (Å²) in [5, 5.41) is 16.0. The van der Waals surface area contributed by atoms with E-state index in [4.69, 9.17) is 4.74 Å². The molecule has 0 spiro atoms. The van der Waals surface area contributed by atoms with Gasteiger partial charge in [-0.3, -0.25) is 9.69 Å². The molecule has 2 aromatic rings. The Morgan fingerprint density at radius 1 is 1.31 bits per heavy atom. The SMILES string of the molecule is CC1c2c(Nc3ccc(C#N)cc3OC(CF)CF)ncnc2SCC1C(=O)NCC#CCN(C)C. The molecule has 0 saturated heterocycles. The van der Waals surface area contributed by atoms with Crippen molar-refractivity contribution in [2.45, 2.75) is 24.0 Å². The Kier molecular flexibility index (Phi) is 9.86. The number of nitrogens with one attached hydrogen (secondary N) is 2. The number of fused-ring (bicyclic) bond motifs is 1. The van der Waals surface area contributed by atoms with Crippen LogP contribution in [0, 0.1) is 29.1 Å². The van der Waals surface area contributed by atoms with Gasteiger partial charge < -0.3 is 15.4 Å². The van der Waals surface area contributed by atoms with E-state index >= 15 is 0 Å². The summed E-state index contributed by atoms with van der Waals surface area (Å²) in [6, 6.07) is 6.56. The van der Waals surface area contributed by atoms with Crippen molar-refractivity contribution in [2.24, 2.45) is 5.92 Å². The van der Waals surface area contributed by atoms with Crippen LogP contribution in [0.1, 0.15) is 24.0 Å². The number of carbonyl (C=O) groups excluding carboxylic acids is 1. The van der Waals surface area contributed by atoms with Crippen molar-refractivity contribution in [3.8, 4) is 23.7 Å². The van der Waals surface area contributed by atoms with Crippen molar-refractivity contribution < 1.29 is 18.3 Å². The largest absolute Gasteiger partial charge is 0.483 e. The molecule has 1 aromatic carbocycles. The van der Waals surface area contributed by atoms with Gasteiger partial charge in [-0.25, -0.2) is 18.7 Å². The Labute approximate surface area is 213 Å². The highest BCUT2D eigenvalue weighted by atomic mass is 32.2. The molecule has 0 radical (unpaired) electrons. The second-order valence-corrected chi connectivity index (χ2v) is 9.46. The van der Waals surface area contributed by atoms with E-state index in [1.165, 1.54) is 24.2 Å². The highest BCUT2D eigenvalue weighted by Crippen LogP contribution is 2.44. The first-order chi connectivity index (χ1) is 17.4. The predicted octanol–water partition coefficient (Wildman–Crippen LogP) is 3.28. The van der Waals surface area contributed by atoms with Gasteiger partial charge in [0, 0.05) is 17.4 Å². The maximum absolute atomic E-state index is 13.1. The molecule has 0 bridgehead atoms. The average Bonchev–Trinajstić information content (AvgIpc) is 2.87. The molecular weight excluding hydrogens is 486 g/mol. The summed E-state index contributed by atoms with van der Waals surface area (Å²) < 4.78 is 31.7. The summed E-state index contributed by atoms with van der Waals surface area (Å²) in [4.78, 5) is 23.6. The minimum absolute atomic E-state index is 0.106. The Morgan fingerprint density at radius 3 is 2.78 bits per heavy atom. The van der Waals surface area contributed by atoms with E-state index in [9.17, 15) is 18.8 Å². The first-order valence-corrected chi connectivity index (χ1v) is 12.3. The minimum Gasteiger partial charge on any atom is -0.483 e. The molecule has 0 fully saturated rings. The summed E-state index contributed by atoms with van der Waals surface area (Å²) in [6.45, 7) is 0.788. The van der Waals surface area contributed by atoms with Gasteiger partial charge >= 0.3 is 0 Å². The van der Waals surface area contributed by atoms with Crippen molar-refractivity contribution in [3.63, 3.8) is 0 Å². The lowest BCUT2D eigenvalue weighted by molar-refractivity contribution is -0.124. The van der Waals surface area contributed by atoms with Gasteiger partial charge in [0.25, 0.3) is 0 Å². The van der Waals surface area contributed by atoms with Gasteiger partial charge in [0.15, 0.2) is 6.10 Å². The summed E-state index contributed by atoms with van der Waals surface area (Å²) in [6.07, 6.45) is 0.125. The van der Waals surface area contributed by atoms with Crippen molar-refractivity contribution in [3.05, 3.63) is 35.7 Å². The standard InChI is InChI=1S/C25H28F2N6O2S/c1-16-19(24(34)29-8-4-5-9-33(2)3)14-36-25-22(16)23(30-15-31-25)32-20-7-6-17(13-28)10-21(20)35-18(11-26)12-27/h6-7,10,15-16,18-19H,8-9,11-12,14H2,1-3H3,(H,29,34)(H,30,31,32). The van der Waals surface area contributed by atoms with Gasteiger partial charge in [-0.1, -0.05) is 18.8 Å². The first-order valence-electron chi connectivity index (χ1n) is 11.3. The summed E-state index contributed by atoms with van der Waals surface area (Å²) in [5.41, 5.74) is 1.43. The Hall–Kier alpha value is -3.41. The fraction of sp³-hybridized carbons (Fsp3) is 0.440. The third-order valence-electron chi connectivity index (χ3n) is 5.52. The number of ether oxygens (including phenoxy) is 1. The lowest BCUT2D eigenvalue weighted by Crippen LogP contribution is -2.37. The zero-order valence-electron chi connectivity index (χ0n) is 20.3. The molecule has 2 heterocycles. The van der Waals surface area contributed by atoms with E-state index in [1.54, 1.807) is 12.1 Å². The van der Waals surface area contributed by atoms with Crippen molar-refractivity contribution in [2.75, 3.05) is 51.6 Å². The molecule has 1 aliphatic rings. The zero-order valence-corrected chi connectivity index (χ0v) is 21.2. The Morgan fingerprint density at radius 2 is 2.08 bits per heavy atom. The Bertz CT molecular complexity index is 1170. The molecule has 8 nitrogen and oxygen atoms in total. The average molecular weight is 515 g/mol. The molecule has 36 heavy (non-hydrogen) atoms. The monoisotopic (exact) mass is 514 g/mol. The number of rotatable bonds is 9. The van der Waals surface area contributed by atoms with Gasteiger partial charge in [-0.05, 0) is 32.1 Å². The van der Waals surface area contributed by atoms with E-state index in [2.05, 4.69) is 32.4 Å². The number of alkyl halides is 2. The molecular formula is C25H28F2N6O2S. The number of benzene rings is 1. The molecule has 1 aromatic heterocycles. The summed E-state index contributed by atoms with van der Waals surface area (Å²) in [5.74, 6) is 6.42. The van der Waals surface area contributed by atoms with E-state index < -0.39 is 19.5 Å². The van der Waals surface area contributed by atoms with E-state index in [-0.39, 0.29) is 35.6 Å². The van der Waals surface area contributed by atoms with Crippen molar-refractivity contribution >= 4 is 29.2 Å². The number of nitrogens with zero attached hydrogens (tertiary/aromatic N) is 4. The van der Waals surface area contributed by atoms with Gasteiger partial charge in [0.2, 0.25) is 5.91 Å². The molecule has 0 saturated carbocycles. The smallest absolute Gasteiger partial charge is 0.225 e. The zero-order chi connectivity index (χ0) is 26.1. The predicted molar refractivity (Wildman–Crippen MR) is 135 cm³/mol. The van der Waals surface area contributed by atoms with Crippen LogP contribution in [-0.2, 0) is 4.79 Å². The van der Waals surface area contributed by atoms with Crippen LogP contribution >= 0.6 is 11.8 Å². The number of anilines is 2. The van der Waals surface area contributed by atoms with Crippen LogP contribution in [0.25, 0.3) is 0 Å².